The molecule has 0 bridgehead atoms. The molecule has 1 N–H and O–H groups in total. The van der Waals surface area contributed by atoms with Gasteiger partial charge in [-0.1, -0.05) is 24.5 Å². The normalized spacial score (nSPS) is 37.3. The predicted molar refractivity (Wildman–Crippen MR) is 121 cm³/mol. The summed E-state index contributed by atoms with van der Waals surface area (Å²) >= 11 is 0. The summed E-state index contributed by atoms with van der Waals surface area (Å²) in [4.78, 5) is 12.2. The zero-order valence-electron chi connectivity index (χ0n) is 19.4. The first kappa shape index (κ1) is 21.9. The van der Waals surface area contributed by atoms with Crippen LogP contribution in [0.5, 0.6) is 11.5 Å². The van der Waals surface area contributed by atoms with Gasteiger partial charge in [0.1, 0.15) is 5.60 Å². The minimum Gasteiger partial charge on any atom is -0.395 e. The van der Waals surface area contributed by atoms with Crippen LogP contribution in [0.25, 0.3) is 0 Å². The predicted octanol–water partition coefficient (Wildman–Crippen LogP) is 5.66. The van der Waals surface area contributed by atoms with Crippen LogP contribution >= 0.6 is 0 Å². The number of rotatable bonds is 1. The lowest BCUT2D eigenvalue weighted by atomic mass is 9.51. The number of hydrogen-bond acceptors (Lipinski definition) is 4. The zero-order chi connectivity index (χ0) is 23.9. The molecule has 2 saturated carbocycles. The Labute approximate surface area is 198 Å². The fourth-order valence-electron chi connectivity index (χ4n) is 7.56. The van der Waals surface area contributed by atoms with Crippen LogP contribution < -0.4 is 9.47 Å². The maximum Gasteiger partial charge on any atom is 0.586 e. The van der Waals surface area contributed by atoms with E-state index in [1.807, 2.05) is 6.07 Å². The Kier molecular flexibility index (Phi) is 4.61. The summed E-state index contributed by atoms with van der Waals surface area (Å²) in [5, 5.41) is 11.7. The van der Waals surface area contributed by atoms with E-state index < -0.39 is 17.3 Å². The molecule has 6 heteroatoms. The molecule has 5 atom stereocenters. The monoisotopic (exact) mass is 466 g/mol. The third kappa shape index (κ3) is 3.02. The van der Waals surface area contributed by atoms with Crippen molar-refractivity contribution in [2.24, 2.45) is 17.3 Å². The van der Waals surface area contributed by atoms with E-state index in [0.29, 0.717) is 19.3 Å². The van der Waals surface area contributed by atoms with Gasteiger partial charge in [0.25, 0.3) is 0 Å². The lowest BCUT2D eigenvalue weighted by molar-refractivity contribution is -0.286. The zero-order valence-corrected chi connectivity index (χ0v) is 19.4. The van der Waals surface area contributed by atoms with Gasteiger partial charge in [0.15, 0.2) is 17.3 Å². The molecule has 5 unspecified atom stereocenters. The van der Waals surface area contributed by atoms with E-state index in [1.165, 1.54) is 11.1 Å². The highest BCUT2D eigenvalue weighted by atomic mass is 19.3. The van der Waals surface area contributed by atoms with Crippen LogP contribution in [0.4, 0.5) is 8.78 Å². The van der Waals surface area contributed by atoms with Gasteiger partial charge in [-0.2, -0.15) is 0 Å². The van der Waals surface area contributed by atoms with Crippen molar-refractivity contribution in [3.05, 3.63) is 46.6 Å². The highest BCUT2D eigenvalue weighted by Crippen LogP contribution is 2.66. The number of aliphatic hydroxyl groups is 1. The SMILES string of the molecule is CC#CC1(O)CCC2C3CCC4=CC(=O)CCC4=C3C(c3ccc4c(c3)OC(F)(F)O4)CC21C. The first-order valence-corrected chi connectivity index (χ1v) is 12.2. The van der Waals surface area contributed by atoms with Gasteiger partial charge in [0.2, 0.25) is 0 Å². The number of alkyl halides is 2. The van der Waals surface area contributed by atoms with E-state index in [2.05, 4.69) is 23.5 Å². The Bertz CT molecular complexity index is 1220. The molecule has 0 amide bonds. The van der Waals surface area contributed by atoms with Crippen LogP contribution in [0, 0.1) is 29.1 Å². The molecular weight excluding hydrogens is 438 g/mol. The summed E-state index contributed by atoms with van der Waals surface area (Å²) in [6.07, 6.45) is 3.35. The summed E-state index contributed by atoms with van der Waals surface area (Å²) in [6.45, 7) is 3.91. The van der Waals surface area contributed by atoms with Crippen molar-refractivity contribution >= 4 is 5.78 Å². The molecule has 178 valence electrons. The first-order chi connectivity index (χ1) is 16.1. The van der Waals surface area contributed by atoms with Gasteiger partial charge in [-0.05, 0) is 92.2 Å². The van der Waals surface area contributed by atoms with Crippen molar-refractivity contribution in [3.63, 3.8) is 0 Å². The van der Waals surface area contributed by atoms with Crippen LogP contribution in [-0.2, 0) is 4.79 Å². The number of allylic oxidation sites excluding steroid dienone is 4. The van der Waals surface area contributed by atoms with E-state index in [9.17, 15) is 18.7 Å². The molecule has 4 nitrogen and oxygen atoms in total. The lowest BCUT2D eigenvalue weighted by Crippen LogP contribution is -2.51. The lowest BCUT2D eigenvalue weighted by Gasteiger charge is -2.53. The molecular formula is C28H28F2O4. The van der Waals surface area contributed by atoms with E-state index in [1.54, 1.807) is 25.1 Å². The average molecular weight is 467 g/mol. The molecule has 6 rings (SSSR count). The second-order valence-electron chi connectivity index (χ2n) is 10.6. The van der Waals surface area contributed by atoms with E-state index in [0.717, 1.165) is 36.8 Å². The van der Waals surface area contributed by atoms with Crippen molar-refractivity contribution in [1.82, 2.24) is 0 Å². The van der Waals surface area contributed by atoms with Crippen LogP contribution in [0.1, 0.15) is 70.3 Å². The summed E-state index contributed by atoms with van der Waals surface area (Å²) < 4.78 is 36.8. The van der Waals surface area contributed by atoms with Crippen molar-refractivity contribution in [2.45, 2.75) is 76.6 Å². The summed E-state index contributed by atoms with van der Waals surface area (Å²) in [7, 11) is 0. The fourth-order valence-corrected chi connectivity index (χ4v) is 7.56. The highest BCUT2D eigenvalue weighted by Gasteiger charge is 2.62. The van der Waals surface area contributed by atoms with Gasteiger partial charge in [-0.3, -0.25) is 4.79 Å². The van der Waals surface area contributed by atoms with Crippen molar-refractivity contribution in [3.8, 4) is 23.3 Å². The maximum atomic E-state index is 13.7. The molecule has 0 radical (unpaired) electrons. The molecule has 0 saturated heterocycles. The third-order valence-electron chi connectivity index (χ3n) is 9.05. The van der Waals surface area contributed by atoms with Crippen molar-refractivity contribution in [1.29, 1.82) is 0 Å². The van der Waals surface area contributed by atoms with Gasteiger partial charge in [0, 0.05) is 17.8 Å². The summed E-state index contributed by atoms with van der Waals surface area (Å²) in [5.41, 5.74) is 3.09. The first-order valence-electron chi connectivity index (χ1n) is 12.2. The van der Waals surface area contributed by atoms with Crippen LogP contribution in [-0.4, -0.2) is 22.8 Å². The Morgan fingerprint density at radius 1 is 1.12 bits per heavy atom. The minimum atomic E-state index is -3.66. The van der Waals surface area contributed by atoms with Gasteiger partial charge >= 0.3 is 6.29 Å². The smallest absolute Gasteiger partial charge is 0.395 e. The Hall–Kier alpha value is -2.65. The van der Waals surface area contributed by atoms with E-state index in [-0.39, 0.29) is 35.0 Å². The van der Waals surface area contributed by atoms with Crippen LogP contribution in [0.3, 0.4) is 0 Å². The van der Waals surface area contributed by atoms with Gasteiger partial charge in [0.05, 0.1) is 0 Å². The molecule has 1 heterocycles. The van der Waals surface area contributed by atoms with E-state index >= 15 is 0 Å². The number of ether oxygens (including phenoxy) is 2. The number of ketones is 1. The maximum absolute atomic E-state index is 13.7. The summed E-state index contributed by atoms with van der Waals surface area (Å²) in [6, 6.07) is 5.06. The van der Waals surface area contributed by atoms with Crippen LogP contribution in [0.2, 0.25) is 0 Å². The van der Waals surface area contributed by atoms with Crippen molar-refractivity contribution in [2.75, 3.05) is 0 Å². The largest absolute Gasteiger partial charge is 0.586 e. The molecule has 0 spiro atoms. The third-order valence-corrected chi connectivity index (χ3v) is 9.05. The average Bonchev–Trinajstić information content (AvgIpc) is 3.23. The molecule has 1 aromatic rings. The van der Waals surface area contributed by atoms with E-state index in [4.69, 9.17) is 4.74 Å². The number of carbonyl (C=O) groups is 1. The number of benzene rings is 1. The highest BCUT2D eigenvalue weighted by molar-refractivity contribution is 5.93. The molecule has 0 aromatic heterocycles. The second-order valence-corrected chi connectivity index (χ2v) is 10.6. The fraction of sp³-hybridized carbons (Fsp3) is 0.536. The Morgan fingerprint density at radius 2 is 1.91 bits per heavy atom. The summed E-state index contributed by atoms with van der Waals surface area (Å²) in [5.74, 6) is 6.80. The topological polar surface area (TPSA) is 55.8 Å². The Balaban J connectivity index is 1.52. The van der Waals surface area contributed by atoms with Gasteiger partial charge < -0.3 is 14.6 Å². The van der Waals surface area contributed by atoms with Gasteiger partial charge in [-0.15, -0.1) is 14.7 Å². The molecule has 34 heavy (non-hydrogen) atoms. The standard InChI is InChI=1S/C28H28F2O4/c1-3-11-27(32)12-10-22-20-7-4-16-13-18(31)6-8-19(16)25(20)21(15-26(22,27)2)17-5-9-23-24(14-17)34-28(29,30)33-23/h5,9,13-14,20-22,32H,4,6-8,10,12,15H2,1-2H3. The molecule has 1 aliphatic heterocycles. The number of fused-ring (bicyclic) bond motifs is 5. The second kappa shape index (κ2) is 7.18. The van der Waals surface area contributed by atoms with Gasteiger partial charge in [-0.25, -0.2) is 0 Å². The molecule has 1 aromatic carbocycles. The number of halogens is 2. The van der Waals surface area contributed by atoms with Crippen molar-refractivity contribution < 1.29 is 28.2 Å². The molecule has 2 fully saturated rings. The minimum absolute atomic E-state index is 0.0320. The number of hydrogen-bond donors (Lipinski definition) is 1. The van der Waals surface area contributed by atoms with Crippen LogP contribution in [0.15, 0.2) is 41.0 Å². The molecule has 4 aliphatic carbocycles. The molecule has 5 aliphatic rings. The number of carbonyl (C=O) groups excluding carboxylic acids is 1. The quantitative estimate of drug-likeness (QED) is 0.543. The Morgan fingerprint density at radius 3 is 2.71 bits per heavy atom.